The van der Waals surface area contributed by atoms with Crippen LogP contribution in [0.25, 0.3) is 0 Å². The van der Waals surface area contributed by atoms with Gasteiger partial charge < -0.3 is 10.6 Å². The number of likely N-dealkylation sites (tertiary alicyclic amines) is 1. The third kappa shape index (κ3) is 4.01. The van der Waals surface area contributed by atoms with E-state index in [-0.39, 0.29) is 29.6 Å². The maximum absolute atomic E-state index is 13.8. The van der Waals surface area contributed by atoms with Gasteiger partial charge in [-0.15, -0.1) is 0 Å². The lowest BCUT2D eigenvalue weighted by molar-refractivity contribution is 0.0665. The summed E-state index contributed by atoms with van der Waals surface area (Å²) in [7, 11) is 0. The second-order valence-corrected chi connectivity index (χ2v) is 6.43. The fraction of sp³-hybridized carbons (Fsp3) is 0.389. The van der Waals surface area contributed by atoms with E-state index in [1.807, 2.05) is 0 Å². The summed E-state index contributed by atoms with van der Waals surface area (Å²) in [6, 6.07) is 2.68. The Morgan fingerprint density at radius 3 is 2.50 bits per heavy atom. The first kappa shape index (κ1) is 18.3. The number of nitrogens with two attached hydrogens (primary N) is 1. The summed E-state index contributed by atoms with van der Waals surface area (Å²) in [6.07, 6.45) is 4.31. The van der Waals surface area contributed by atoms with Crippen LogP contribution in [-0.2, 0) is 6.42 Å². The standard InChI is InChI=1S/C18H19F3N4O/c19-13-8-12(16(21)14(20)10-13)9-15(22)11-2-6-25(7-3-11)18(26)17-23-4-1-5-24-17/h1,4-5,8,10-11,15H,2-3,6-7,9,22H2/t15-/m1/s1. The zero-order valence-corrected chi connectivity index (χ0v) is 14.0. The number of carbonyl (C=O) groups excluding carboxylic acids is 1. The Morgan fingerprint density at radius 1 is 1.19 bits per heavy atom. The van der Waals surface area contributed by atoms with E-state index in [0.717, 1.165) is 6.07 Å². The van der Waals surface area contributed by atoms with Gasteiger partial charge in [0.2, 0.25) is 5.82 Å². The first-order chi connectivity index (χ1) is 12.5. The number of piperidine rings is 1. The van der Waals surface area contributed by atoms with Crippen molar-refractivity contribution in [3.8, 4) is 0 Å². The lowest BCUT2D eigenvalue weighted by Gasteiger charge is -2.34. The Kier molecular flexibility index (Phi) is 5.51. The van der Waals surface area contributed by atoms with E-state index in [2.05, 4.69) is 9.97 Å². The number of amides is 1. The van der Waals surface area contributed by atoms with Crippen LogP contribution in [-0.4, -0.2) is 39.9 Å². The van der Waals surface area contributed by atoms with Gasteiger partial charge in [0.05, 0.1) is 0 Å². The summed E-state index contributed by atoms with van der Waals surface area (Å²) in [5.41, 5.74) is 6.08. The summed E-state index contributed by atoms with van der Waals surface area (Å²) < 4.78 is 40.4. The molecule has 0 aliphatic carbocycles. The number of rotatable bonds is 4. The van der Waals surface area contributed by atoms with Crippen molar-refractivity contribution in [3.05, 3.63) is 59.4 Å². The highest BCUT2D eigenvalue weighted by molar-refractivity contribution is 5.90. The second kappa shape index (κ2) is 7.82. The van der Waals surface area contributed by atoms with E-state index in [1.54, 1.807) is 11.0 Å². The van der Waals surface area contributed by atoms with Crippen LogP contribution in [0.15, 0.2) is 30.6 Å². The molecule has 1 aromatic heterocycles. The summed E-state index contributed by atoms with van der Waals surface area (Å²) in [5, 5.41) is 0. The first-order valence-corrected chi connectivity index (χ1v) is 8.41. The van der Waals surface area contributed by atoms with Gasteiger partial charge in [-0.25, -0.2) is 23.1 Å². The number of carbonyl (C=O) groups is 1. The maximum Gasteiger partial charge on any atom is 0.291 e. The molecule has 8 heteroatoms. The Balaban J connectivity index is 1.59. The highest BCUT2D eigenvalue weighted by atomic mass is 19.2. The average molecular weight is 364 g/mol. The third-order valence-corrected chi connectivity index (χ3v) is 4.71. The number of benzene rings is 1. The lowest BCUT2D eigenvalue weighted by atomic mass is 9.86. The molecule has 1 aliphatic rings. The molecule has 1 fully saturated rings. The molecule has 0 bridgehead atoms. The van der Waals surface area contributed by atoms with Gasteiger partial charge in [0.15, 0.2) is 11.6 Å². The average Bonchev–Trinajstić information content (AvgIpc) is 2.66. The summed E-state index contributed by atoms with van der Waals surface area (Å²) in [4.78, 5) is 21.9. The van der Waals surface area contributed by atoms with Gasteiger partial charge >= 0.3 is 0 Å². The minimum atomic E-state index is -1.21. The smallest absolute Gasteiger partial charge is 0.291 e. The Bertz CT molecular complexity index is 780. The summed E-state index contributed by atoms with van der Waals surface area (Å²) in [6.45, 7) is 0.963. The molecule has 1 atom stereocenters. The second-order valence-electron chi connectivity index (χ2n) is 6.43. The van der Waals surface area contributed by atoms with Crippen molar-refractivity contribution in [1.29, 1.82) is 0 Å². The molecule has 138 valence electrons. The van der Waals surface area contributed by atoms with Crippen molar-refractivity contribution in [2.75, 3.05) is 13.1 Å². The topological polar surface area (TPSA) is 72.1 Å². The van der Waals surface area contributed by atoms with E-state index in [4.69, 9.17) is 5.73 Å². The molecule has 1 aliphatic heterocycles. The molecular formula is C18H19F3N4O. The summed E-state index contributed by atoms with van der Waals surface area (Å²) >= 11 is 0. The normalized spacial score (nSPS) is 16.5. The number of hydrogen-bond acceptors (Lipinski definition) is 4. The third-order valence-electron chi connectivity index (χ3n) is 4.71. The van der Waals surface area contributed by atoms with Gasteiger partial charge in [-0.05, 0) is 42.9 Å². The van der Waals surface area contributed by atoms with Gasteiger partial charge in [-0.2, -0.15) is 0 Å². The van der Waals surface area contributed by atoms with Crippen LogP contribution >= 0.6 is 0 Å². The van der Waals surface area contributed by atoms with Crippen LogP contribution in [0.3, 0.4) is 0 Å². The van der Waals surface area contributed by atoms with Crippen LogP contribution in [0.4, 0.5) is 13.2 Å². The SMILES string of the molecule is N[C@H](Cc1cc(F)cc(F)c1F)C1CCN(C(=O)c2ncccn2)CC1. The largest absolute Gasteiger partial charge is 0.336 e. The molecule has 2 aromatic rings. The van der Waals surface area contributed by atoms with E-state index in [1.165, 1.54) is 12.4 Å². The van der Waals surface area contributed by atoms with Crippen LogP contribution < -0.4 is 5.73 Å². The minimum absolute atomic E-state index is 0.0291. The fourth-order valence-corrected chi connectivity index (χ4v) is 3.26. The van der Waals surface area contributed by atoms with Crippen molar-refractivity contribution in [1.82, 2.24) is 14.9 Å². The molecule has 0 unspecified atom stereocenters. The predicted molar refractivity (Wildman–Crippen MR) is 88.7 cm³/mol. The Labute approximate surface area is 149 Å². The minimum Gasteiger partial charge on any atom is -0.336 e. The molecule has 0 saturated carbocycles. The van der Waals surface area contributed by atoms with Crippen LogP contribution in [0, 0.1) is 23.4 Å². The molecule has 2 N–H and O–H groups in total. The van der Waals surface area contributed by atoms with Crippen molar-refractivity contribution in [2.45, 2.75) is 25.3 Å². The fourth-order valence-electron chi connectivity index (χ4n) is 3.26. The van der Waals surface area contributed by atoms with Crippen LogP contribution in [0.5, 0.6) is 0 Å². The van der Waals surface area contributed by atoms with Crippen molar-refractivity contribution >= 4 is 5.91 Å². The number of halogens is 3. The van der Waals surface area contributed by atoms with Crippen LogP contribution in [0.2, 0.25) is 0 Å². The predicted octanol–water partition coefficient (Wildman–Crippen LogP) is 2.32. The molecular weight excluding hydrogens is 345 g/mol. The lowest BCUT2D eigenvalue weighted by Crippen LogP contribution is -2.44. The Hall–Kier alpha value is -2.48. The molecule has 1 saturated heterocycles. The van der Waals surface area contributed by atoms with E-state index >= 15 is 0 Å². The number of hydrogen-bond donors (Lipinski definition) is 1. The molecule has 1 amide bonds. The molecule has 26 heavy (non-hydrogen) atoms. The molecule has 1 aromatic carbocycles. The number of nitrogens with zero attached hydrogens (tertiary/aromatic N) is 3. The Morgan fingerprint density at radius 2 is 1.85 bits per heavy atom. The summed E-state index contributed by atoms with van der Waals surface area (Å²) in [5.74, 6) is -3.16. The van der Waals surface area contributed by atoms with E-state index < -0.39 is 23.5 Å². The molecule has 5 nitrogen and oxygen atoms in total. The van der Waals surface area contributed by atoms with E-state index in [0.29, 0.717) is 32.0 Å². The van der Waals surface area contributed by atoms with Gasteiger partial charge in [-0.3, -0.25) is 4.79 Å². The van der Waals surface area contributed by atoms with Crippen LogP contribution in [0.1, 0.15) is 29.0 Å². The van der Waals surface area contributed by atoms with E-state index in [9.17, 15) is 18.0 Å². The van der Waals surface area contributed by atoms with Gasteiger partial charge in [-0.1, -0.05) is 0 Å². The van der Waals surface area contributed by atoms with Crippen molar-refractivity contribution in [3.63, 3.8) is 0 Å². The number of aromatic nitrogens is 2. The molecule has 0 radical (unpaired) electrons. The monoisotopic (exact) mass is 364 g/mol. The molecule has 2 heterocycles. The quantitative estimate of drug-likeness (QED) is 0.845. The zero-order chi connectivity index (χ0) is 18.7. The first-order valence-electron chi connectivity index (χ1n) is 8.41. The highest BCUT2D eigenvalue weighted by Gasteiger charge is 2.29. The maximum atomic E-state index is 13.8. The van der Waals surface area contributed by atoms with Gasteiger partial charge in [0.1, 0.15) is 5.82 Å². The highest BCUT2D eigenvalue weighted by Crippen LogP contribution is 2.24. The van der Waals surface area contributed by atoms with Gasteiger partial charge in [0.25, 0.3) is 5.91 Å². The molecule has 3 rings (SSSR count). The van der Waals surface area contributed by atoms with Crippen molar-refractivity contribution in [2.24, 2.45) is 11.7 Å². The van der Waals surface area contributed by atoms with Crippen molar-refractivity contribution < 1.29 is 18.0 Å². The zero-order valence-electron chi connectivity index (χ0n) is 14.0. The molecule has 0 spiro atoms. The van der Waals surface area contributed by atoms with Gasteiger partial charge in [0, 0.05) is 37.6 Å².